The number of hydrogen-bond donors (Lipinski definition) is 0. The van der Waals surface area contributed by atoms with E-state index in [-0.39, 0.29) is 17.0 Å². The summed E-state index contributed by atoms with van der Waals surface area (Å²) in [6, 6.07) is 37.6. The monoisotopic (exact) mass is 439 g/mol. The lowest BCUT2D eigenvalue weighted by atomic mass is 10.4. The van der Waals surface area contributed by atoms with Gasteiger partial charge < -0.3 is 0 Å². The van der Waals surface area contributed by atoms with Crippen molar-refractivity contribution in [2.45, 2.75) is 6.16 Å². The van der Waals surface area contributed by atoms with Crippen LogP contribution >= 0.6 is 35.6 Å². The van der Waals surface area contributed by atoms with Gasteiger partial charge in [-0.15, -0.1) is 28.3 Å². The summed E-state index contributed by atoms with van der Waals surface area (Å²) in [6.07, 6.45) is 1.07. The lowest BCUT2D eigenvalue weighted by Crippen LogP contribution is -2.32. The van der Waals surface area contributed by atoms with Gasteiger partial charge in [-0.25, -0.2) is 0 Å². The third-order valence-corrected chi connectivity index (χ3v) is 10.0. The summed E-state index contributed by atoms with van der Waals surface area (Å²) in [5, 5.41) is 6.52. The minimum atomic E-state index is -1.73. The predicted molar refractivity (Wildman–Crippen MR) is 123 cm³/mol. The van der Waals surface area contributed by atoms with Gasteiger partial charge in [0.15, 0.2) is 0 Å². The fraction of sp³-hybridized carbons (Fsp3) is 0.0435. The zero-order valence-corrected chi connectivity index (χ0v) is 17.8. The Balaban J connectivity index is 0.00000196. The van der Waals surface area contributed by atoms with E-state index >= 15 is 0 Å². The van der Waals surface area contributed by atoms with Crippen LogP contribution in [-0.4, -0.2) is 0 Å². The van der Waals surface area contributed by atoms with E-state index in [4.69, 9.17) is 0 Å². The van der Waals surface area contributed by atoms with Gasteiger partial charge in [0, 0.05) is 4.88 Å². The number of hydrogen-bond acceptors (Lipinski definition) is 1. The largest absolute Gasteiger partial charge is 0.145 e. The molecule has 26 heavy (non-hydrogen) atoms. The van der Waals surface area contributed by atoms with Crippen molar-refractivity contribution in [3.63, 3.8) is 0 Å². The summed E-state index contributed by atoms with van der Waals surface area (Å²) < 4.78 is 0. The van der Waals surface area contributed by atoms with Crippen LogP contribution in [0.4, 0.5) is 0 Å². The van der Waals surface area contributed by atoms with Crippen molar-refractivity contribution in [1.82, 2.24) is 0 Å². The van der Waals surface area contributed by atoms with Crippen molar-refractivity contribution >= 4 is 51.5 Å². The summed E-state index contributed by atoms with van der Waals surface area (Å²) in [7, 11) is -1.73. The molecule has 3 heteroatoms. The predicted octanol–water partition coefficient (Wildman–Crippen LogP) is 5.82. The van der Waals surface area contributed by atoms with Gasteiger partial charge in [-0.3, -0.25) is 0 Å². The van der Waals surface area contributed by atoms with E-state index in [0.29, 0.717) is 0 Å². The number of rotatable bonds is 5. The Morgan fingerprint density at radius 2 is 0.962 bits per heavy atom. The van der Waals surface area contributed by atoms with Crippen LogP contribution in [0.3, 0.4) is 0 Å². The molecular weight excluding hydrogens is 419 g/mol. The molecule has 1 heterocycles. The second-order valence-corrected chi connectivity index (χ2v) is 10.6. The van der Waals surface area contributed by atoms with Crippen LogP contribution in [-0.2, 0) is 6.16 Å². The standard InChI is InChI=1S/C23H20PS.BrH/c1-4-11-20(12-5-1)24(19-23-17-10-18-25-23,21-13-6-2-7-14-21)22-15-8-3-9-16-22;/h1-18H,19H2;1H/q+1;. The van der Waals surface area contributed by atoms with Crippen molar-refractivity contribution in [3.05, 3.63) is 113 Å². The number of halogens is 1. The van der Waals surface area contributed by atoms with Gasteiger partial charge in [-0.1, -0.05) is 60.7 Å². The minimum absolute atomic E-state index is 0. The molecule has 0 atom stereocenters. The molecule has 130 valence electrons. The van der Waals surface area contributed by atoms with Crippen LogP contribution in [0.1, 0.15) is 4.88 Å². The van der Waals surface area contributed by atoms with E-state index in [1.54, 1.807) is 0 Å². The van der Waals surface area contributed by atoms with E-state index in [9.17, 15) is 0 Å². The summed E-state index contributed by atoms with van der Waals surface area (Å²) in [4.78, 5) is 1.45. The average molecular weight is 440 g/mol. The van der Waals surface area contributed by atoms with E-state index in [0.717, 1.165) is 6.16 Å². The molecular formula is C23H21BrPS+. The zero-order valence-electron chi connectivity index (χ0n) is 14.4. The molecule has 0 fully saturated rings. The lowest BCUT2D eigenvalue weighted by Gasteiger charge is -2.27. The molecule has 0 aliphatic carbocycles. The van der Waals surface area contributed by atoms with Crippen LogP contribution in [0.5, 0.6) is 0 Å². The topological polar surface area (TPSA) is 0 Å². The normalized spacial score (nSPS) is 10.9. The second kappa shape index (κ2) is 8.77. The van der Waals surface area contributed by atoms with Gasteiger partial charge in [-0.2, -0.15) is 0 Å². The third-order valence-electron chi connectivity index (χ3n) is 4.56. The molecule has 0 amide bonds. The third kappa shape index (κ3) is 3.69. The fourth-order valence-electron chi connectivity index (χ4n) is 3.40. The Hall–Kier alpha value is -1.73. The van der Waals surface area contributed by atoms with E-state index in [2.05, 4.69) is 109 Å². The molecule has 0 spiro atoms. The lowest BCUT2D eigenvalue weighted by molar-refractivity contribution is 1.50. The van der Waals surface area contributed by atoms with Crippen molar-refractivity contribution in [2.75, 3.05) is 0 Å². The van der Waals surface area contributed by atoms with Gasteiger partial charge in [0.05, 0.1) is 0 Å². The van der Waals surface area contributed by atoms with Gasteiger partial charge in [0.1, 0.15) is 29.3 Å². The number of benzene rings is 3. The van der Waals surface area contributed by atoms with Crippen LogP contribution < -0.4 is 15.9 Å². The van der Waals surface area contributed by atoms with Crippen molar-refractivity contribution in [1.29, 1.82) is 0 Å². The van der Waals surface area contributed by atoms with Crippen LogP contribution in [0.25, 0.3) is 0 Å². The highest BCUT2D eigenvalue weighted by molar-refractivity contribution is 8.93. The van der Waals surface area contributed by atoms with Crippen molar-refractivity contribution in [2.24, 2.45) is 0 Å². The van der Waals surface area contributed by atoms with Crippen molar-refractivity contribution < 1.29 is 0 Å². The van der Waals surface area contributed by atoms with Gasteiger partial charge in [0.25, 0.3) is 0 Å². The highest BCUT2D eigenvalue weighted by Crippen LogP contribution is 2.58. The first-order chi connectivity index (χ1) is 12.4. The summed E-state index contributed by atoms with van der Waals surface area (Å²) in [5.41, 5.74) is 0. The second-order valence-electron chi connectivity index (χ2n) is 6.05. The number of thiophene rings is 1. The van der Waals surface area contributed by atoms with Crippen LogP contribution in [0, 0.1) is 0 Å². The van der Waals surface area contributed by atoms with Gasteiger partial charge in [-0.05, 0) is 47.8 Å². The highest BCUT2D eigenvalue weighted by atomic mass is 79.9. The maximum Gasteiger partial charge on any atom is 0.117 e. The molecule has 1 aromatic heterocycles. The smallest absolute Gasteiger partial charge is 0.117 e. The highest BCUT2D eigenvalue weighted by Gasteiger charge is 2.45. The first kappa shape index (κ1) is 19.0. The van der Waals surface area contributed by atoms with E-state index < -0.39 is 7.26 Å². The summed E-state index contributed by atoms with van der Waals surface area (Å²) >= 11 is 1.86. The first-order valence-corrected chi connectivity index (χ1v) is 11.3. The molecule has 0 saturated carbocycles. The minimum Gasteiger partial charge on any atom is -0.145 e. The molecule has 3 aromatic carbocycles. The molecule has 0 saturated heterocycles. The summed E-state index contributed by atoms with van der Waals surface area (Å²) in [6.45, 7) is 0. The molecule has 0 nitrogen and oxygen atoms in total. The zero-order chi connectivity index (χ0) is 17.0. The van der Waals surface area contributed by atoms with Crippen LogP contribution in [0.15, 0.2) is 109 Å². The average Bonchev–Trinajstić information content (AvgIpc) is 3.21. The molecule has 0 bridgehead atoms. The molecule has 0 aliphatic rings. The molecule has 0 unspecified atom stereocenters. The maximum absolute atomic E-state index is 2.31. The fourth-order valence-corrected chi connectivity index (χ4v) is 8.83. The maximum atomic E-state index is 2.31. The SMILES string of the molecule is Br.c1ccc([P+](Cc2cccs2)(c2ccccc2)c2ccccc2)cc1. The quantitative estimate of drug-likeness (QED) is 0.343. The van der Waals surface area contributed by atoms with Crippen LogP contribution in [0.2, 0.25) is 0 Å². The molecule has 0 radical (unpaired) electrons. The van der Waals surface area contributed by atoms with E-state index in [1.807, 2.05) is 11.3 Å². The van der Waals surface area contributed by atoms with Crippen molar-refractivity contribution in [3.8, 4) is 0 Å². The Kier molecular flexibility index (Phi) is 6.43. The molecule has 0 aliphatic heterocycles. The Morgan fingerprint density at radius 1 is 0.538 bits per heavy atom. The Labute approximate surface area is 170 Å². The molecule has 4 aromatic rings. The van der Waals surface area contributed by atoms with Gasteiger partial charge in [0.2, 0.25) is 0 Å². The Bertz CT molecular complexity index is 810. The van der Waals surface area contributed by atoms with E-state index in [1.165, 1.54) is 20.8 Å². The first-order valence-electron chi connectivity index (χ1n) is 8.47. The Morgan fingerprint density at radius 3 is 1.31 bits per heavy atom. The molecule has 0 N–H and O–H groups in total. The molecule has 4 rings (SSSR count). The van der Waals surface area contributed by atoms with Gasteiger partial charge >= 0.3 is 0 Å². The summed E-state index contributed by atoms with van der Waals surface area (Å²) in [5.74, 6) is 0.